The Morgan fingerprint density at radius 1 is 1.30 bits per heavy atom. The van der Waals surface area contributed by atoms with Crippen LogP contribution in [0.2, 0.25) is 0 Å². The molecule has 1 N–H and O–H groups in total. The molecule has 0 spiro atoms. The Bertz CT molecular complexity index is 185. The van der Waals surface area contributed by atoms with Gasteiger partial charge in [0.2, 0.25) is 0 Å². The maximum absolute atomic E-state index is 3.07. The minimum atomic E-state index is 0.601. The highest BCUT2D eigenvalue weighted by Crippen LogP contribution is 2.10. The van der Waals surface area contributed by atoms with E-state index in [1.54, 1.807) is 0 Å². The molecule has 0 saturated carbocycles. The van der Waals surface area contributed by atoms with Gasteiger partial charge in [-0.15, -0.1) is 0 Å². The predicted octanol–water partition coefficient (Wildman–Crippen LogP) is 2.20. The van der Waals surface area contributed by atoms with Crippen molar-refractivity contribution >= 4 is 0 Å². The third-order valence-corrected chi connectivity index (χ3v) is 1.51. The first kappa shape index (κ1) is 7.13. The molecule has 10 heavy (non-hydrogen) atoms. The van der Waals surface area contributed by atoms with E-state index in [1.807, 2.05) is 24.6 Å². The number of hydrogen-bond acceptors (Lipinski definition) is 1. The van der Waals surface area contributed by atoms with E-state index in [-0.39, 0.29) is 0 Å². The van der Waals surface area contributed by atoms with Crippen LogP contribution in [0.1, 0.15) is 13.8 Å². The Hall–Kier alpha value is -0.980. The van der Waals surface area contributed by atoms with E-state index >= 15 is 0 Å². The van der Waals surface area contributed by atoms with Gasteiger partial charge in [0.1, 0.15) is 0 Å². The van der Waals surface area contributed by atoms with Crippen LogP contribution in [0, 0.1) is 5.92 Å². The fourth-order valence-electron chi connectivity index (χ4n) is 0.829. The molecule has 0 bridgehead atoms. The van der Waals surface area contributed by atoms with Crippen LogP contribution in [-0.4, -0.2) is 0 Å². The molecule has 0 aromatic rings. The molecule has 1 heterocycles. The summed E-state index contributed by atoms with van der Waals surface area (Å²) in [5.41, 5.74) is 1.34. The van der Waals surface area contributed by atoms with Crippen molar-refractivity contribution in [1.82, 2.24) is 5.32 Å². The van der Waals surface area contributed by atoms with Gasteiger partial charge in [-0.25, -0.2) is 0 Å². The topological polar surface area (TPSA) is 12.0 Å². The summed E-state index contributed by atoms with van der Waals surface area (Å²) in [5.74, 6) is 0.601. The van der Waals surface area contributed by atoms with E-state index in [0.29, 0.717) is 5.92 Å². The van der Waals surface area contributed by atoms with E-state index in [4.69, 9.17) is 0 Å². The number of nitrogens with one attached hydrogen (secondary N) is 1. The maximum Gasteiger partial charge on any atom is 0.00394 e. The highest BCUT2D eigenvalue weighted by Gasteiger charge is 1.97. The Labute approximate surface area is 62.1 Å². The lowest BCUT2D eigenvalue weighted by molar-refractivity contribution is 0.784. The number of hydrogen-bond donors (Lipinski definition) is 1. The molecule has 0 amide bonds. The van der Waals surface area contributed by atoms with Crippen molar-refractivity contribution in [2.24, 2.45) is 5.92 Å². The van der Waals surface area contributed by atoms with E-state index in [9.17, 15) is 0 Å². The summed E-state index contributed by atoms with van der Waals surface area (Å²) in [6, 6.07) is 0. The van der Waals surface area contributed by atoms with Gasteiger partial charge in [-0.3, -0.25) is 0 Å². The van der Waals surface area contributed by atoms with Crippen LogP contribution in [-0.2, 0) is 0 Å². The van der Waals surface area contributed by atoms with Crippen molar-refractivity contribution in [3.05, 3.63) is 36.2 Å². The first-order valence-corrected chi connectivity index (χ1v) is 3.60. The third kappa shape index (κ3) is 1.76. The quantitative estimate of drug-likeness (QED) is 0.581. The third-order valence-electron chi connectivity index (χ3n) is 1.51. The van der Waals surface area contributed by atoms with Gasteiger partial charge in [0.05, 0.1) is 0 Å². The van der Waals surface area contributed by atoms with Gasteiger partial charge in [0.15, 0.2) is 0 Å². The van der Waals surface area contributed by atoms with E-state index in [0.717, 1.165) is 0 Å². The second kappa shape index (κ2) is 3.25. The molecule has 0 aromatic carbocycles. The van der Waals surface area contributed by atoms with E-state index in [2.05, 4.69) is 25.2 Å². The van der Waals surface area contributed by atoms with Gasteiger partial charge in [-0.2, -0.15) is 0 Å². The van der Waals surface area contributed by atoms with Crippen LogP contribution in [0.3, 0.4) is 0 Å². The summed E-state index contributed by atoms with van der Waals surface area (Å²) in [4.78, 5) is 0. The minimum absolute atomic E-state index is 0.601. The average molecular weight is 135 g/mol. The van der Waals surface area contributed by atoms with Crippen molar-refractivity contribution in [2.45, 2.75) is 13.8 Å². The molecule has 0 fully saturated rings. The first-order valence-electron chi connectivity index (χ1n) is 3.60. The van der Waals surface area contributed by atoms with Gasteiger partial charge in [0.25, 0.3) is 0 Å². The SMILES string of the molecule is CC(C)C1=CNC=CC=C1. The summed E-state index contributed by atoms with van der Waals surface area (Å²) >= 11 is 0. The highest BCUT2D eigenvalue weighted by atomic mass is 14.8. The fraction of sp³-hybridized carbons (Fsp3) is 0.333. The molecular weight excluding hydrogens is 122 g/mol. The first-order chi connectivity index (χ1) is 4.80. The monoisotopic (exact) mass is 135 g/mol. The molecule has 1 nitrogen and oxygen atoms in total. The molecule has 0 radical (unpaired) electrons. The smallest absolute Gasteiger partial charge is 0.00394 e. The van der Waals surface area contributed by atoms with Gasteiger partial charge >= 0.3 is 0 Å². The second-order valence-corrected chi connectivity index (χ2v) is 2.68. The molecule has 1 rings (SSSR count). The standard InChI is InChI=1S/C9H13N/c1-8(2)9-5-3-4-6-10-7-9/h3-8,10H,1-2H3. The van der Waals surface area contributed by atoms with E-state index in [1.165, 1.54) is 5.57 Å². The second-order valence-electron chi connectivity index (χ2n) is 2.68. The largest absolute Gasteiger partial charge is 0.367 e. The van der Waals surface area contributed by atoms with Crippen molar-refractivity contribution < 1.29 is 0 Å². The molecule has 0 atom stereocenters. The van der Waals surface area contributed by atoms with Crippen molar-refractivity contribution in [3.8, 4) is 0 Å². The molecule has 54 valence electrons. The normalized spacial score (nSPS) is 16.5. The summed E-state index contributed by atoms with van der Waals surface area (Å²) in [5, 5.41) is 3.07. The lowest BCUT2D eigenvalue weighted by atomic mass is 10.0. The molecule has 0 aromatic heterocycles. The van der Waals surface area contributed by atoms with Crippen LogP contribution < -0.4 is 5.32 Å². The highest BCUT2D eigenvalue weighted by molar-refractivity contribution is 5.26. The zero-order valence-corrected chi connectivity index (χ0v) is 6.46. The molecular formula is C9H13N. The van der Waals surface area contributed by atoms with Crippen LogP contribution in [0.15, 0.2) is 36.2 Å². The predicted molar refractivity (Wildman–Crippen MR) is 44.3 cm³/mol. The number of rotatable bonds is 1. The maximum atomic E-state index is 3.07. The zero-order chi connectivity index (χ0) is 7.40. The molecule has 1 aliphatic rings. The Balaban J connectivity index is 2.69. The van der Waals surface area contributed by atoms with Gasteiger partial charge in [-0.1, -0.05) is 26.0 Å². The number of allylic oxidation sites excluding steroid dienone is 4. The van der Waals surface area contributed by atoms with Gasteiger partial charge in [0, 0.05) is 12.4 Å². The van der Waals surface area contributed by atoms with Crippen LogP contribution >= 0.6 is 0 Å². The van der Waals surface area contributed by atoms with Crippen molar-refractivity contribution in [2.75, 3.05) is 0 Å². The van der Waals surface area contributed by atoms with Crippen molar-refractivity contribution in [3.63, 3.8) is 0 Å². The molecule has 0 aliphatic carbocycles. The minimum Gasteiger partial charge on any atom is -0.367 e. The molecule has 1 heteroatoms. The van der Waals surface area contributed by atoms with Crippen molar-refractivity contribution in [1.29, 1.82) is 0 Å². The summed E-state index contributed by atoms with van der Waals surface area (Å²) in [6.45, 7) is 4.37. The Kier molecular flexibility index (Phi) is 2.32. The molecule has 0 unspecified atom stereocenters. The lowest BCUT2D eigenvalue weighted by Gasteiger charge is -2.03. The Morgan fingerprint density at radius 3 is 2.80 bits per heavy atom. The van der Waals surface area contributed by atoms with Gasteiger partial charge < -0.3 is 5.32 Å². The Morgan fingerprint density at radius 2 is 2.10 bits per heavy atom. The van der Waals surface area contributed by atoms with Crippen LogP contribution in [0.5, 0.6) is 0 Å². The molecule has 0 saturated heterocycles. The lowest BCUT2D eigenvalue weighted by Crippen LogP contribution is -1.97. The fourth-order valence-corrected chi connectivity index (χ4v) is 0.829. The van der Waals surface area contributed by atoms with Crippen LogP contribution in [0.25, 0.3) is 0 Å². The van der Waals surface area contributed by atoms with Gasteiger partial charge in [-0.05, 0) is 17.6 Å². The van der Waals surface area contributed by atoms with Crippen LogP contribution in [0.4, 0.5) is 0 Å². The molecule has 1 aliphatic heterocycles. The van der Waals surface area contributed by atoms with E-state index < -0.39 is 0 Å². The summed E-state index contributed by atoms with van der Waals surface area (Å²) < 4.78 is 0. The summed E-state index contributed by atoms with van der Waals surface area (Å²) in [6.07, 6.45) is 10.1. The summed E-state index contributed by atoms with van der Waals surface area (Å²) in [7, 11) is 0. The average Bonchev–Trinajstić information content (AvgIpc) is 2.12. The zero-order valence-electron chi connectivity index (χ0n) is 6.46.